The van der Waals surface area contributed by atoms with Crippen molar-refractivity contribution in [2.24, 2.45) is 0 Å². The third-order valence-corrected chi connectivity index (χ3v) is 4.87. The maximum atomic E-state index is 12.3. The number of carbonyl (C=O) groups is 2. The predicted octanol–water partition coefficient (Wildman–Crippen LogP) is 3.37. The fourth-order valence-electron chi connectivity index (χ4n) is 2.68. The van der Waals surface area contributed by atoms with Crippen LogP contribution in [-0.4, -0.2) is 45.9 Å². The number of hydrogen-bond acceptors (Lipinski definition) is 7. The molecule has 3 rings (SSSR count). The molecule has 10 heteroatoms. The summed E-state index contributed by atoms with van der Waals surface area (Å²) in [6.07, 6.45) is -3.95. The Morgan fingerprint density at radius 2 is 1.48 bits per heavy atom. The highest BCUT2D eigenvalue weighted by molar-refractivity contribution is 6.31. The van der Waals surface area contributed by atoms with Crippen LogP contribution in [0.5, 0.6) is 0 Å². The molecule has 7 nitrogen and oxygen atoms in total. The van der Waals surface area contributed by atoms with Crippen LogP contribution in [0.4, 0.5) is 0 Å². The lowest BCUT2D eigenvalue weighted by molar-refractivity contribution is -0.251. The first-order valence-corrected chi connectivity index (χ1v) is 9.52. The van der Waals surface area contributed by atoms with Crippen molar-refractivity contribution in [3.8, 4) is 0 Å². The van der Waals surface area contributed by atoms with Crippen LogP contribution in [0.25, 0.3) is 0 Å². The molecule has 1 aliphatic heterocycles. The van der Waals surface area contributed by atoms with Crippen molar-refractivity contribution >= 4 is 46.7 Å². The van der Waals surface area contributed by atoms with Gasteiger partial charge < -0.3 is 24.4 Å². The molecule has 4 atom stereocenters. The zero-order valence-electron chi connectivity index (χ0n) is 14.6. The summed E-state index contributed by atoms with van der Waals surface area (Å²) in [5.74, 6) is -4.13. The molecular weight excluding hydrogens is 447 g/mol. The molecule has 2 aromatic carbocycles. The third-order valence-electron chi connectivity index (χ3n) is 4.11. The number of aliphatic hydroxyl groups excluding tert-OH is 1. The summed E-state index contributed by atoms with van der Waals surface area (Å²) in [5.41, 5.74) is -0.880. The van der Waals surface area contributed by atoms with E-state index in [-0.39, 0.29) is 17.5 Å². The van der Waals surface area contributed by atoms with Crippen LogP contribution >= 0.6 is 34.8 Å². The predicted molar refractivity (Wildman–Crippen MR) is 104 cm³/mol. The molecule has 154 valence electrons. The Kier molecular flexibility index (Phi) is 6.68. The largest absolute Gasteiger partial charge is 0.429 e. The number of carbonyl (C=O) groups excluding carboxylic acids is 2. The minimum absolute atomic E-state index is 0.104. The van der Waals surface area contributed by atoms with Gasteiger partial charge in [0.25, 0.3) is 0 Å². The molecule has 0 aromatic heterocycles. The molecule has 1 heterocycles. The number of halogens is 3. The van der Waals surface area contributed by atoms with Crippen molar-refractivity contribution in [1.82, 2.24) is 0 Å². The molecule has 1 aliphatic rings. The number of rotatable bonds is 5. The van der Waals surface area contributed by atoms with E-state index in [1.165, 1.54) is 48.5 Å². The van der Waals surface area contributed by atoms with Gasteiger partial charge in [0.1, 0.15) is 5.56 Å². The topological polar surface area (TPSA) is 102 Å². The summed E-state index contributed by atoms with van der Waals surface area (Å²) in [6, 6.07) is 11.5. The second-order valence-corrected chi connectivity index (χ2v) is 7.57. The van der Waals surface area contributed by atoms with Gasteiger partial charge in [-0.25, -0.2) is 9.59 Å². The summed E-state index contributed by atoms with van der Waals surface area (Å²) in [7, 11) is 0. The Balaban J connectivity index is 1.72. The van der Waals surface area contributed by atoms with E-state index in [2.05, 4.69) is 0 Å². The second-order valence-electron chi connectivity index (χ2n) is 6.21. The Morgan fingerprint density at radius 1 is 1.00 bits per heavy atom. The minimum Gasteiger partial charge on any atom is -0.429 e. The molecule has 0 saturated carbocycles. The highest BCUT2D eigenvalue weighted by Gasteiger charge is 2.55. The van der Waals surface area contributed by atoms with E-state index in [4.69, 9.17) is 49.0 Å². The maximum Gasteiger partial charge on any atom is 0.340 e. The molecule has 2 aromatic rings. The third kappa shape index (κ3) is 5.19. The van der Waals surface area contributed by atoms with Crippen molar-refractivity contribution in [2.45, 2.75) is 30.2 Å². The van der Waals surface area contributed by atoms with Gasteiger partial charge in [0.2, 0.25) is 12.1 Å². The lowest BCUT2D eigenvalue weighted by atomic mass is 10.1. The van der Waals surface area contributed by atoms with Crippen LogP contribution in [0.1, 0.15) is 27.1 Å². The molecule has 0 spiro atoms. The number of esters is 2. The molecule has 1 saturated heterocycles. The Hall–Kier alpha value is -1.87. The van der Waals surface area contributed by atoms with Gasteiger partial charge >= 0.3 is 11.9 Å². The zero-order valence-corrected chi connectivity index (χ0v) is 16.9. The number of ether oxygens (including phenoxy) is 3. The van der Waals surface area contributed by atoms with E-state index in [9.17, 15) is 19.8 Å². The SMILES string of the molecule is O=C(OC(O)[C@H]1O[C@H](Cl)C[C@@]1(O)OC(=O)c1ccc(Cl)cc1)c1ccc(Cl)cc1. The standard InChI is InChI=1S/C19H15Cl3O7/c20-12-5-1-10(2-6-12)16(23)28-18(25)15-19(26,9-14(22)27-15)29-17(24)11-3-7-13(21)8-4-11/h1-8,14-15,18,25-26H,9H2/t14-,15+,18?,19+/m0/s1. The van der Waals surface area contributed by atoms with Crippen LogP contribution < -0.4 is 0 Å². The van der Waals surface area contributed by atoms with Gasteiger partial charge in [-0.3, -0.25) is 0 Å². The van der Waals surface area contributed by atoms with Crippen molar-refractivity contribution in [3.05, 3.63) is 69.7 Å². The van der Waals surface area contributed by atoms with Crippen molar-refractivity contribution in [1.29, 1.82) is 0 Å². The van der Waals surface area contributed by atoms with Crippen molar-refractivity contribution < 1.29 is 34.0 Å². The van der Waals surface area contributed by atoms with Gasteiger partial charge in [-0.05, 0) is 48.5 Å². The van der Waals surface area contributed by atoms with E-state index in [1.54, 1.807) is 0 Å². The second kappa shape index (κ2) is 8.87. The molecular formula is C19H15Cl3O7. The monoisotopic (exact) mass is 460 g/mol. The first kappa shape index (κ1) is 21.8. The van der Waals surface area contributed by atoms with E-state index in [0.29, 0.717) is 10.0 Å². The summed E-state index contributed by atoms with van der Waals surface area (Å²) >= 11 is 17.4. The quantitative estimate of drug-likeness (QED) is 0.400. The normalized spacial score (nSPS) is 24.7. The fraction of sp³-hybridized carbons (Fsp3) is 0.263. The van der Waals surface area contributed by atoms with E-state index in [1.807, 2.05) is 0 Å². The molecule has 0 bridgehead atoms. The highest BCUT2D eigenvalue weighted by Crippen LogP contribution is 2.36. The van der Waals surface area contributed by atoms with Crippen LogP contribution in [0.15, 0.2) is 48.5 Å². The fourth-order valence-corrected chi connectivity index (χ4v) is 3.26. The zero-order chi connectivity index (χ0) is 21.2. The Labute approximate surface area is 180 Å². The van der Waals surface area contributed by atoms with Gasteiger partial charge in [-0.15, -0.1) is 0 Å². The van der Waals surface area contributed by atoms with E-state index < -0.39 is 35.7 Å². The van der Waals surface area contributed by atoms with Gasteiger partial charge in [-0.2, -0.15) is 0 Å². The van der Waals surface area contributed by atoms with Crippen LogP contribution in [0.3, 0.4) is 0 Å². The van der Waals surface area contributed by atoms with Gasteiger partial charge in [-0.1, -0.05) is 34.8 Å². The number of alkyl halides is 1. The lowest BCUT2D eigenvalue weighted by Gasteiger charge is -2.30. The molecule has 29 heavy (non-hydrogen) atoms. The molecule has 0 amide bonds. The van der Waals surface area contributed by atoms with Crippen LogP contribution in [0.2, 0.25) is 10.0 Å². The van der Waals surface area contributed by atoms with Gasteiger partial charge in [0.15, 0.2) is 6.10 Å². The summed E-state index contributed by atoms with van der Waals surface area (Å²) in [6.45, 7) is 0. The summed E-state index contributed by atoms with van der Waals surface area (Å²) in [5, 5.41) is 21.9. The number of benzene rings is 2. The number of aliphatic hydroxyl groups is 2. The van der Waals surface area contributed by atoms with Crippen molar-refractivity contribution in [3.63, 3.8) is 0 Å². The van der Waals surface area contributed by atoms with Gasteiger partial charge in [0.05, 0.1) is 17.5 Å². The highest BCUT2D eigenvalue weighted by atomic mass is 35.5. The Morgan fingerprint density at radius 3 is 2.00 bits per heavy atom. The lowest BCUT2D eigenvalue weighted by Crippen LogP contribution is -2.50. The van der Waals surface area contributed by atoms with E-state index in [0.717, 1.165) is 0 Å². The average Bonchev–Trinajstić information content (AvgIpc) is 2.96. The van der Waals surface area contributed by atoms with Crippen LogP contribution in [0, 0.1) is 0 Å². The molecule has 2 N–H and O–H groups in total. The molecule has 1 fully saturated rings. The average molecular weight is 462 g/mol. The first-order chi connectivity index (χ1) is 13.7. The summed E-state index contributed by atoms with van der Waals surface area (Å²) in [4.78, 5) is 24.5. The summed E-state index contributed by atoms with van der Waals surface area (Å²) < 4.78 is 15.3. The minimum atomic E-state index is -2.33. The molecule has 0 radical (unpaired) electrons. The molecule has 0 aliphatic carbocycles. The van der Waals surface area contributed by atoms with Gasteiger partial charge in [0, 0.05) is 10.0 Å². The Bertz CT molecular complexity index is 888. The molecule has 1 unspecified atom stereocenters. The maximum absolute atomic E-state index is 12.3. The van der Waals surface area contributed by atoms with E-state index >= 15 is 0 Å². The van der Waals surface area contributed by atoms with Crippen LogP contribution in [-0.2, 0) is 14.2 Å². The van der Waals surface area contributed by atoms with Crippen molar-refractivity contribution in [2.75, 3.05) is 0 Å². The smallest absolute Gasteiger partial charge is 0.340 e. The number of hydrogen-bond donors (Lipinski definition) is 2. The first-order valence-electron chi connectivity index (χ1n) is 8.33.